The van der Waals surface area contributed by atoms with Gasteiger partial charge in [0.05, 0.1) is 17.3 Å². The number of aliphatic hydroxyl groups is 1. The van der Waals surface area contributed by atoms with Crippen molar-refractivity contribution in [2.24, 2.45) is 0 Å². The molecule has 1 aromatic rings. The Bertz CT molecular complexity index is 502. The lowest BCUT2D eigenvalue weighted by molar-refractivity contribution is 0.0540. The van der Waals surface area contributed by atoms with Crippen molar-refractivity contribution < 1.29 is 9.90 Å². The van der Waals surface area contributed by atoms with Gasteiger partial charge in [0.15, 0.2) is 0 Å². The van der Waals surface area contributed by atoms with Gasteiger partial charge in [-0.25, -0.2) is 0 Å². The van der Waals surface area contributed by atoms with E-state index in [0.717, 1.165) is 25.9 Å². The molecular formula is C15H22ClN3O2. The molecule has 3 N–H and O–H groups in total. The largest absolute Gasteiger partial charge is 0.398 e. The molecule has 0 saturated carbocycles. The minimum absolute atomic E-state index is 0.0409. The van der Waals surface area contributed by atoms with Crippen molar-refractivity contribution in [3.63, 3.8) is 0 Å². The molecule has 0 unspecified atom stereocenters. The summed E-state index contributed by atoms with van der Waals surface area (Å²) in [6, 6.07) is 5.08. The predicted octanol–water partition coefficient (Wildman–Crippen LogP) is 1.45. The summed E-state index contributed by atoms with van der Waals surface area (Å²) in [6.45, 7) is 2.22. The summed E-state index contributed by atoms with van der Waals surface area (Å²) >= 11 is 5.99. The Hall–Kier alpha value is -1.30. The van der Waals surface area contributed by atoms with Gasteiger partial charge in [-0.1, -0.05) is 11.6 Å². The number of nitrogens with zero attached hydrogens (tertiary/aromatic N) is 2. The average molecular weight is 312 g/mol. The van der Waals surface area contributed by atoms with Crippen LogP contribution in [0.25, 0.3) is 0 Å². The number of carbonyl (C=O) groups is 1. The molecule has 0 atom stereocenters. The van der Waals surface area contributed by atoms with Gasteiger partial charge in [-0.05, 0) is 51.2 Å². The van der Waals surface area contributed by atoms with Crippen molar-refractivity contribution in [3.05, 3.63) is 28.8 Å². The van der Waals surface area contributed by atoms with Gasteiger partial charge in [-0.2, -0.15) is 0 Å². The maximum atomic E-state index is 12.7. The molecule has 5 nitrogen and oxygen atoms in total. The zero-order valence-corrected chi connectivity index (χ0v) is 13.0. The van der Waals surface area contributed by atoms with Crippen LogP contribution in [-0.4, -0.2) is 60.1 Å². The number of rotatable bonds is 4. The number of nitrogen functional groups attached to an aromatic ring is 1. The fourth-order valence-electron chi connectivity index (χ4n) is 2.69. The van der Waals surface area contributed by atoms with Crippen LogP contribution in [0.2, 0.25) is 5.02 Å². The molecule has 6 heteroatoms. The highest BCUT2D eigenvalue weighted by Gasteiger charge is 2.27. The Balaban J connectivity index is 2.16. The van der Waals surface area contributed by atoms with E-state index in [1.54, 1.807) is 23.1 Å². The van der Waals surface area contributed by atoms with Crippen LogP contribution in [0, 0.1) is 0 Å². The number of amides is 1. The molecular weight excluding hydrogens is 290 g/mol. The Morgan fingerprint density at radius 1 is 1.48 bits per heavy atom. The van der Waals surface area contributed by atoms with E-state index in [9.17, 15) is 9.90 Å². The second-order valence-electron chi connectivity index (χ2n) is 5.49. The monoisotopic (exact) mass is 311 g/mol. The molecule has 1 amide bonds. The number of halogens is 1. The lowest BCUT2D eigenvalue weighted by Gasteiger charge is -2.37. The first-order valence-electron chi connectivity index (χ1n) is 7.18. The van der Waals surface area contributed by atoms with Crippen LogP contribution >= 0.6 is 11.6 Å². The minimum Gasteiger partial charge on any atom is -0.398 e. The second-order valence-corrected chi connectivity index (χ2v) is 5.90. The number of nitrogens with two attached hydrogens (primary N) is 1. The van der Waals surface area contributed by atoms with Gasteiger partial charge >= 0.3 is 0 Å². The number of benzene rings is 1. The highest BCUT2D eigenvalue weighted by atomic mass is 35.5. The smallest absolute Gasteiger partial charge is 0.254 e. The number of aliphatic hydroxyl groups excluding tert-OH is 1. The average Bonchev–Trinajstić information content (AvgIpc) is 2.48. The van der Waals surface area contributed by atoms with Gasteiger partial charge in [0.25, 0.3) is 5.91 Å². The molecule has 2 rings (SSSR count). The number of hydrogen-bond acceptors (Lipinski definition) is 4. The van der Waals surface area contributed by atoms with E-state index in [1.807, 2.05) is 0 Å². The molecule has 21 heavy (non-hydrogen) atoms. The Labute approximate surface area is 130 Å². The third-order valence-corrected chi connectivity index (χ3v) is 4.31. The van der Waals surface area contributed by atoms with Gasteiger partial charge in [-0.3, -0.25) is 4.79 Å². The highest BCUT2D eigenvalue weighted by molar-refractivity contribution is 6.33. The van der Waals surface area contributed by atoms with Crippen molar-refractivity contribution in [2.75, 3.05) is 39.0 Å². The molecule has 0 bridgehead atoms. The number of anilines is 1. The standard InChI is InChI=1S/C15H22ClN3O2/c1-18-6-4-12(5-7-18)19(8-9-20)15(21)11-2-3-14(17)13(16)10-11/h2-3,10,12,20H,4-9,17H2,1H3. The third kappa shape index (κ3) is 3.87. The van der Waals surface area contributed by atoms with Crippen molar-refractivity contribution in [1.82, 2.24) is 9.80 Å². The summed E-state index contributed by atoms with van der Waals surface area (Å²) < 4.78 is 0. The summed E-state index contributed by atoms with van der Waals surface area (Å²) in [4.78, 5) is 16.7. The predicted molar refractivity (Wildman–Crippen MR) is 84.5 cm³/mol. The summed E-state index contributed by atoms with van der Waals surface area (Å²) in [6.07, 6.45) is 1.84. The van der Waals surface area contributed by atoms with Gasteiger partial charge in [-0.15, -0.1) is 0 Å². The Morgan fingerprint density at radius 3 is 2.71 bits per heavy atom. The van der Waals surface area contributed by atoms with Gasteiger partial charge in [0.1, 0.15) is 0 Å². The fraction of sp³-hybridized carbons (Fsp3) is 0.533. The highest BCUT2D eigenvalue weighted by Crippen LogP contribution is 2.23. The van der Waals surface area contributed by atoms with E-state index in [2.05, 4.69) is 11.9 Å². The van der Waals surface area contributed by atoms with E-state index in [-0.39, 0.29) is 18.6 Å². The van der Waals surface area contributed by atoms with Crippen LogP contribution in [-0.2, 0) is 0 Å². The van der Waals surface area contributed by atoms with Crippen LogP contribution in [0.1, 0.15) is 23.2 Å². The van der Waals surface area contributed by atoms with E-state index in [0.29, 0.717) is 22.8 Å². The molecule has 0 spiro atoms. The first-order valence-corrected chi connectivity index (χ1v) is 7.56. The Kier molecular flexibility index (Phi) is 5.45. The minimum atomic E-state index is -0.0968. The maximum Gasteiger partial charge on any atom is 0.254 e. The summed E-state index contributed by atoms with van der Waals surface area (Å²) in [5.41, 5.74) is 6.65. The van der Waals surface area contributed by atoms with Crippen molar-refractivity contribution in [1.29, 1.82) is 0 Å². The number of likely N-dealkylation sites (tertiary alicyclic amines) is 1. The molecule has 1 aromatic carbocycles. The lowest BCUT2D eigenvalue weighted by atomic mass is 10.0. The lowest BCUT2D eigenvalue weighted by Crippen LogP contribution is -2.47. The number of hydrogen-bond donors (Lipinski definition) is 2. The van der Waals surface area contributed by atoms with Crippen molar-refractivity contribution in [2.45, 2.75) is 18.9 Å². The normalized spacial score (nSPS) is 16.9. The van der Waals surface area contributed by atoms with Crippen LogP contribution in [0.4, 0.5) is 5.69 Å². The van der Waals surface area contributed by atoms with Crippen LogP contribution < -0.4 is 5.73 Å². The first-order chi connectivity index (χ1) is 10.0. The van der Waals surface area contributed by atoms with Crippen LogP contribution in [0.3, 0.4) is 0 Å². The summed E-state index contributed by atoms with van der Waals surface area (Å²) in [5.74, 6) is -0.0968. The van der Waals surface area contributed by atoms with Crippen molar-refractivity contribution >= 4 is 23.2 Å². The van der Waals surface area contributed by atoms with E-state index in [4.69, 9.17) is 17.3 Å². The first kappa shape index (κ1) is 16.1. The SMILES string of the molecule is CN1CCC(N(CCO)C(=O)c2ccc(N)c(Cl)c2)CC1. The van der Waals surface area contributed by atoms with E-state index in [1.165, 1.54) is 0 Å². The number of piperidine rings is 1. The molecule has 0 aliphatic carbocycles. The molecule has 1 saturated heterocycles. The van der Waals surface area contributed by atoms with Crippen molar-refractivity contribution in [3.8, 4) is 0 Å². The molecule has 1 fully saturated rings. The molecule has 1 heterocycles. The third-order valence-electron chi connectivity index (χ3n) is 3.98. The molecule has 0 aromatic heterocycles. The maximum absolute atomic E-state index is 12.7. The Morgan fingerprint density at radius 2 is 2.14 bits per heavy atom. The zero-order chi connectivity index (χ0) is 15.4. The topological polar surface area (TPSA) is 69.8 Å². The van der Waals surface area contributed by atoms with Gasteiger partial charge < -0.3 is 20.6 Å². The van der Waals surface area contributed by atoms with Crippen LogP contribution in [0.15, 0.2) is 18.2 Å². The molecule has 1 aliphatic rings. The molecule has 116 valence electrons. The molecule has 0 radical (unpaired) electrons. The fourth-order valence-corrected chi connectivity index (χ4v) is 2.87. The summed E-state index contributed by atoms with van der Waals surface area (Å²) in [5, 5.41) is 9.65. The quantitative estimate of drug-likeness (QED) is 0.826. The zero-order valence-electron chi connectivity index (χ0n) is 12.3. The summed E-state index contributed by atoms with van der Waals surface area (Å²) in [7, 11) is 2.08. The van der Waals surface area contributed by atoms with Gasteiger partial charge in [0, 0.05) is 18.2 Å². The molecule has 1 aliphatic heterocycles. The van der Waals surface area contributed by atoms with E-state index >= 15 is 0 Å². The second kappa shape index (κ2) is 7.11. The van der Waals surface area contributed by atoms with Gasteiger partial charge in [0.2, 0.25) is 0 Å². The van der Waals surface area contributed by atoms with E-state index < -0.39 is 0 Å². The number of carbonyl (C=O) groups excluding carboxylic acids is 1. The van der Waals surface area contributed by atoms with Crippen LogP contribution in [0.5, 0.6) is 0 Å².